The first kappa shape index (κ1) is 20.0. The topological polar surface area (TPSA) is 0 Å². The predicted octanol–water partition coefficient (Wildman–Crippen LogP) is 8.07. The van der Waals surface area contributed by atoms with Crippen LogP contribution in [0, 0.1) is 30.1 Å². The first-order valence-corrected chi connectivity index (χ1v) is 11.7. The molecule has 0 aromatic heterocycles. The monoisotopic (exact) mass is 354 g/mol. The van der Waals surface area contributed by atoms with Gasteiger partial charge in [0.2, 0.25) is 0 Å². The van der Waals surface area contributed by atoms with Crippen molar-refractivity contribution < 1.29 is 0 Å². The number of rotatable bonds is 3. The quantitative estimate of drug-likeness (QED) is 0.514. The Bertz CT molecular complexity index is 586. The zero-order valence-electron chi connectivity index (χ0n) is 18.1. The van der Waals surface area contributed by atoms with Gasteiger partial charge in [-0.1, -0.05) is 70.7 Å². The molecule has 1 aromatic rings. The molecule has 146 valence electrons. The molecule has 2 fully saturated rings. The van der Waals surface area contributed by atoms with Crippen molar-refractivity contribution in [3.8, 4) is 0 Å². The van der Waals surface area contributed by atoms with Crippen LogP contribution in [0.15, 0.2) is 18.2 Å². The van der Waals surface area contributed by atoms with E-state index in [0.29, 0.717) is 5.41 Å². The van der Waals surface area contributed by atoms with Gasteiger partial charge in [0.25, 0.3) is 0 Å². The van der Waals surface area contributed by atoms with Gasteiger partial charge in [0.15, 0.2) is 0 Å². The summed E-state index contributed by atoms with van der Waals surface area (Å²) in [5, 5.41) is 0. The average molecular weight is 355 g/mol. The molecule has 0 heteroatoms. The van der Waals surface area contributed by atoms with Gasteiger partial charge >= 0.3 is 0 Å². The molecule has 5 atom stereocenters. The van der Waals surface area contributed by atoms with Gasteiger partial charge in [-0.3, -0.25) is 0 Å². The average Bonchev–Trinajstić information content (AvgIpc) is 2.89. The van der Waals surface area contributed by atoms with E-state index in [1.165, 1.54) is 69.8 Å². The van der Waals surface area contributed by atoms with Crippen molar-refractivity contribution in [1.29, 1.82) is 0 Å². The summed E-state index contributed by atoms with van der Waals surface area (Å²) < 4.78 is 0. The van der Waals surface area contributed by atoms with Gasteiger partial charge in [0.1, 0.15) is 0 Å². The lowest BCUT2D eigenvalue weighted by Gasteiger charge is -2.43. The van der Waals surface area contributed by atoms with Gasteiger partial charge in [-0.05, 0) is 92.1 Å². The zero-order valence-corrected chi connectivity index (χ0v) is 18.1. The van der Waals surface area contributed by atoms with E-state index in [-0.39, 0.29) is 0 Å². The van der Waals surface area contributed by atoms with E-state index in [9.17, 15) is 0 Å². The van der Waals surface area contributed by atoms with Crippen molar-refractivity contribution in [3.63, 3.8) is 0 Å². The fourth-order valence-corrected chi connectivity index (χ4v) is 6.98. The van der Waals surface area contributed by atoms with Crippen LogP contribution in [0.4, 0.5) is 0 Å². The summed E-state index contributed by atoms with van der Waals surface area (Å²) in [6, 6.07) is 7.34. The Morgan fingerprint density at radius 1 is 1.08 bits per heavy atom. The highest BCUT2D eigenvalue weighted by Crippen LogP contribution is 2.62. The molecule has 0 saturated heterocycles. The fraction of sp³-hybridized carbons (Fsp3) is 0.769. The maximum atomic E-state index is 2.69. The SMILES string of the molecule is CC.CCCC[C@H]1CCC2C3CCc4cc(C)ccc4C3CCC[C@]21C. The first-order chi connectivity index (χ1) is 12.6. The second-order valence-electron chi connectivity index (χ2n) is 9.43. The van der Waals surface area contributed by atoms with E-state index >= 15 is 0 Å². The molecule has 3 aliphatic carbocycles. The molecule has 0 nitrogen and oxygen atoms in total. The molecular formula is C26H42. The van der Waals surface area contributed by atoms with Crippen molar-refractivity contribution >= 4 is 0 Å². The molecule has 0 amide bonds. The van der Waals surface area contributed by atoms with Crippen LogP contribution in [0.5, 0.6) is 0 Å². The Labute approximate surface area is 163 Å². The summed E-state index contributed by atoms with van der Waals surface area (Å²) in [5.74, 6) is 3.85. The molecule has 3 aliphatic rings. The van der Waals surface area contributed by atoms with Crippen LogP contribution in [-0.2, 0) is 6.42 Å². The second-order valence-corrected chi connectivity index (χ2v) is 9.43. The highest BCUT2D eigenvalue weighted by atomic mass is 14.6. The van der Waals surface area contributed by atoms with E-state index in [1.807, 2.05) is 13.8 Å². The molecule has 3 unspecified atom stereocenters. The number of benzene rings is 1. The van der Waals surface area contributed by atoms with Gasteiger partial charge < -0.3 is 0 Å². The van der Waals surface area contributed by atoms with E-state index in [0.717, 1.165) is 23.7 Å². The minimum Gasteiger partial charge on any atom is -0.0683 e. The summed E-state index contributed by atoms with van der Waals surface area (Å²) in [6.45, 7) is 11.3. The van der Waals surface area contributed by atoms with Crippen molar-refractivity contribution in [2.24, 2.45) is 23.2 Å². The van der Waals surface area contributed by atoms with E-state index in [4.69, 9.17) is 0 Å². The molecule has 0 spiro atoms. The van der Waals surface area contributed by atoms with Crippen molar-refractivity contribution in [1.82, 2.24) is 0 Å². The summed E-state index contributed by atoms with van der Waals surface area (Å²) in [6.07, 6.45) is 14.6. The zero-order chi connectivity index (χ0) is 18.7. The molecule has 26 heavy (non-hydrogen) atoms. The second kappa shape index (κ2) is 8.49. The third-order valence-electron chi connectivity index (χ3n) is 8.22. The van der Waals surface area contributed by atoms with E-state index in [2.05, 4.69) is 39.0 Å². The van der Waals surface area contributed by atoms with Crippen LogP contribution >= 0.6 is 0 Å². The highest BCUT2D eigenvalue weighted by Gasteiger charge is 2.52. The maximum absolute atomic E-state index is 2.69. The highest BCUT2D eigenvalue weighted by molar-refractivity contribution is 5.37. The summed E-state index contributed by atoms with van der Waals surface area (Å²) in [7, 11) is 0. The fourth-order valence-electron chi connectivity index (χ4n) is 6.98. The molecule has 0 bridgehead atoms. The lowest BCUT2D eigenvalue weighted by Crippen LogP contribution is -2.35. The Morgan fingerprint density at radius 3 is 2.65 bits per heavy atom. The number of hydrogen-bond acceptors (Lipinski definition) is 0. The van der Waals surface area contributed by atoms with Crippen molar-refractivity contribution in [3.05, 3.63) is 34.9 Å². The number of hydrogen-bond donors (Lipinski definition) is 0. The number of aryl methyl sites for hydroxylation is 2. The molecule has 0 aliphatic heterocycles. The lowest BCUT2D eigenvalue weighted by molar-refractivity contribution is 0.0901. The smallest absolute Gasteiger partial charge is 0.0128 e. The Balaban J connectivity index is 0.000000948. The number of unbranched alkanes of at least 4 members (excludes halogenated alkanes) is 1. The number of fused-ring (bicyclic) bond motifs is 5. The lowest BCUT2D eigenvalue weighted by atomic mass is 9.62. The molecule has 0 N–H and O–H groups in total. The van der Waals surface area contributed by atoms with Crippen LogP contribution < -0.4 is 0 Å². The van der Waals surface area contributed by atoms with E-state index in [1.54, 1.807) is 11.1 Å². The van der Waals surface area contributed by atoms with Crippen LogP contribution in [0.2, 0.25) is 0 Å². The largest absolute Gasteiger partial charge is 0.0683 e. The third-order valence-corrected chi connectivity index (χ3v) is 8.22. The summed E-state index contributed by atoms with van der Waals surface area (Å²) in [4.78, 5) is 0. The molecule has 0 radical (unpaired) electrons. The van der Waals surface area contributed by atoms with Gasteiger partial charge in [-0.2, -0.15) is 0 Å². The standard InChI is InChI=1S/C24H36.C2H6/c1-4-5-7-19-11-14-23-22-13-10-18-16-17(2)9-12-20(18)21(22)8-6-15-24(19,23)3;1-2/h9,12,16,19,21-23H,4-8,10-11,13-15H2,1-3H3;1-2H3/t19-,21?,22?,23?,24-;/m0./s1. The predicted molar refractivity (Wildman–Crippen MR) is 115 cm³/mol. The summed E-state index contributed by atoms with van der Waals surface area (Å²) in [5.41, 5.74) is 5.52. The Kier molecular flexibility index (Phi) is 6.52. The van der Waals surface area contributed by atoms with Crippen molar-refractivity contribution in [2.45, 2.75) is 105 Å². The minimum atomic E-state index is 0.650. The Hall–Kier alpha value is -0.780. The van der Waals surface area contributed by atoms with Gasteiger partial charge in [-0.25, -0.2) is 0 Å². The van der Waals surface area contributed by atoms with Gasteiger partial charge in [0, 0.05) is 0 Å². The van der Waals surface area contributed by atoms with Crippen LogP contribution in [0.25, 0.3) is 0 Å². The molecule has 4 rings (SSSR count). The molecular weight excluding hydrogens is 312 g/mol. The van der Waals surface area contributed by atoms with Crippen molar-refractivity contribution in [2.75, 3.05) is 0 Å². The first-order valence-electron chi connectivity index (χ1n) is 11.7. The molecule has 0 heterocycles. The Morgan fingerprint density at radius 2 is 1.88 bits per heavy atom. The van der Waals surface area contributed by atoms with Crippen LogP contribution in [-0.4, -0.2) is 0 Å². The normalized spacial score (nSPS) is 35.4. The van der Waals surface area contributed by atoms with Gasteiger partial charge in [0.05, 0.1) is 0 Å². The molecule has 2 saturated carbocycles. The van der Waals surface area contributed by atoms with E-state index < -0.39 is 0 Å². The maximum Gasteiger partial charge on any atom is -0.0128 e. The summed E-state index contributed by atoms with van der Waals surface area (Å²) >= 11 is 0. The third kappa shape index (κ3) is 3.50. The minimum absolute atomic E-state index is 0.650. The van der Waals surface area contributed by atoms with Gasteiger partial charge in [-0.15, -0.1) is 0 Å². The van der Waals surface area contributed by atoms with Crippen LogP contribution in [0.1, 0.15) is 108 Å². The molecule has 1 aromatic carbocycles. The van der Waals surface area contributed by atoms with Crippen LogP contribution in [0.3, 0.4) is 0 Å².